The third kappa shape index (κ3) is 2.68. The van der Waals surface area contributed by atoms with E-state index in [1.165, 1.54) is 0 Å². The summed E-state index contributed by atoms with van der Waals surface area (Å²) in [6.07, 6.45) is 0.328. The minimum absolute atomic E-state index is 0.0518. The van der Waals surface area contributed by atoms with Gasteiger partial charge in [0, 0.05) is 26.1 Å². The van der Waals surface area contributed by atoms with Crippen LogP contribution in [0, 0.1) is 17.2 Å². The van der Waals surface area contributed by atoms with Gasteiger partial charge in [0.1, 0.15) is 0 Å². The summed E-state index contributed by atoms with van der Waals surface area (Å²) in [5, 5.41) is 14.5. The topological polar surface area (TPSA) is 90.9 Å². The highest BCUT2D eigenvalue weighted by molar-refractivity contribution is 5.76. The summed E-state index contributed by atoms with van der Waals surface area (Å²) in [6.45, 7) is 1.68. The van der Waals surface area contributed by atoms with Gasteiger partial charge < -0.3 is 16.4 Å². The second-order valence-corrected chi connectivity index (χ2v) is 3.11. The lowest BCUT2D eigenvalue weighted by Crippen LogP contribution is -2.40. The fourth-order valence-corrected chi connectivity index (χ4v) is 1.38. The molecule has 1 amide bonds. The van der Waals surface area contributed by atoms with Gasteiger partial charge in [0.15, 0.2) is 0 Å². The molecule has 0 saturated carbocycles. The summed E-state index contributed by atoms with van der Waals surface area (Å²) < 4.78 is 0. The zero-order valence-electron chi connectivity index (χ0n) is 7.42. The van der Waals surface area contributed by atoms with Gasteiger partial charge >= 0.3 is 0 Å². The molecule has 0 bridgehead atoms. The average Bonchev–Trinajstić information content (AvgIpc) is 2.52. The minimum Gasteiger partial charge on any atom is -0.351 e. The first-order valence-corrected chi connectivity index (χ1v) is 4.37. The number of nitrogens with two attached hydrogens (primary N) is 1. The lowest BCUT2D eigenvalue weighted by molar-refractivity contribution is -0.121. The van der Waals surface area contributed by atoms with Gasteiger partial charge in [-0.2, -0.15) is 5.26 Å². The summed E-state index contributed by atoms with van der Waals surface area (Å²) >= 11 is 0. The van der Waals surface area contributed by atoms with E-state index in [0.29, 0.717) is 26.1 Å². The Morgan fingerprint density at radius 3 is 3.08 bits per heavy atom. The molecule has 1 fully saturated rings. The predicted octanol–water partition coefficient (Wildman–Crippen LogP) is -1.44. The molecule has 2 atom stereocenters. The van der Waals surface area contributed by atoms with Crippen LogP contribution in [0.5, 0.6) is 0 Å². The van der Waals surface area contributed by atoms with Crippen molar-refractivity contribution in [3.8, 4) is 6.07 Å². The molecule has 5 nitrogen and oxygen atoms in total. The molecule has 4 N–H and O–H groups in total. The van der Waals surface area contributed by atoms with E-state index in [9.17, 15) is 4.79 Å². The van der Waals surface area contributed by atoms with Crippen molar-refractivity contribution in [3.05, 3.63) is 0 Å². The smallest absolute Gasteiger partial charge is 0.221 e. The van der Waals surface area contributed by atoms with Crippen molar-refractivity contribution in [2.75, 3.05) is 19.6 Å². The molecule has 1 saturated heterocycles. The monoisotopic (exact) mass is 182 g/mol. The van der Waals surface area contributed by atoms with Crippen LogP contribution in [0.25, 0.3) is 0 Å². The lowest BCUT2D eigenvalue weighted by atomic mass is 10.1. The Morgan fingerprint density at radius 1 is 1.69 bits per heavy atom. The van der Waals surface area contributed by atoms with Crippen LogP contribution in [0.1, 0.15) is 6.42 Å². The summed E-state index contributed by atoms with van der Waals surface area (Å²) in [7, 11) is 0. The molecule has 2 unspecified atom stereocenters. The Bertz CT molecular complexity index is 223. The number of carbonyl (C=O) groups is 1. The van der Waals surface area contributed by atoms with E-state index in [4.69, 9.17) is 11.0 Å². The Labute approximate surface area is 77.3 Å². The molecular formula is C8H14N4O. The molecule has 1 aliphatic rings. The van der Waals surface area contributed by atoms with Gasteiger partial charge in [0.05, 0.1) is 18.0 Å². The van der Waals surface area contributed by atoms with E-state index in [0.717, 1.165) is 0 Å². The summed E-state index contributed by atoms with van der Waals surface area (Å²) in [5.74, 6) is -0.182. The van der Waals surface area contributed by atoms with Crippen LogP contribution in [0.3, 0.4) is 0 Å². The van der Waals surface area contributed by atoms with Crippen LogP contribution in [0.2, 0.25) is 0 Å². The number of nitrogens with zero attached hydrogens (tertiary/aromatic N) is 1. The second-order valence-electron chi connectivity index (χ2n) is 3.11. The fourth-order valence-electron chi connectivity index (χ4n) is 1.38. The lowest BCUT2D eigenvalue weighted by Gasteiger charge is -2.13. The molecule has 13 heavy (non-hydrogen) atoms. The van der Waals surface area contributed by atoms with Crippen molar-refractivity contribution in [2.24, 2.45) is 11.7 Å². The van der Waals surface area contributed by atoms with Crippen LogP contribution in [-0.4, -0.2) is 31.6 Å². The predicted molar refractivity (Wildman–Crippen MR) is 47.6 cm³/mol. The molecular weight excluding hydrogens is 168 g/mol. The molecule has 0 aromatic rings. The molecule has 0 aromatic heterocycles. The number of carbonyl (C=O) groups excluding carboxylic acids is 1. The summed E-state index contributed by atoms with van der Waals surface area (Å²) in [4.78, 5) is 11.1. The molecule has 1 rings (SSSR count). The maximum atomic E-state index is 11.1. The first-order valence-electron chi connectivity index (χ1n) is 4.37. The maximum absolute atomic E-state index is 11.1. The third-order valence-corrected chi connectivity index (χ3v) is 2.10. The van der Waals surface area contributed by atoms with E-state index in [-0.39, 0.29) is 17.9 Å². The zero-order valence-corrected chi connectivity index (χ0v) is 7.42. The Morgan fingerprint density at radius 2 is 2.46 bits per heavy atom. The molecule has 0 spiro atoms. The first kappa shape index (κ1) is 9.96. The van der Waals surface area contributed by atoms with Crippen LogP contribution >= 0.6 is 0 Å². The second kappa shape index (κ2) is 4.80. The van der Waals surface area contributed by atoms with E-state index in [1.807, 2.05) is 0 Å². The summed E-state index contributed by atoms with van der Waals surface area (Å²) in [6, 6.07) is 2.10. The number of amides is 1. The van der Waals surface area contributed by atoms with Gasteiger partial charge in [-0.05, 0) is 0 Å². The molecule has 1 heterocycles. The van der Waals surface area contributed by atoms with Crippen molar-refractivity contribution >= 4 is 5.91 Å². The molecule has 72 valence electrons. The number of nitrogens with one attached hydrogen (secondary N) is 2. The number of nitriles is 1. The molecule has 0 aromatic carbocycles. The SMILES string of the molecule is N#CC1CNCC1NC(=O)CCN. The molecule has 0 aliphatic carbocycles. The van der Waals surface area contributed by atoms with Crippen LogP contribution in [0.4, 0.5) is 0 Å². The highest BCUT2D eigenvalue weighted by Gasteiger charge is 2.27. The number of hydrogen-bond donors (Lipinski definition) is 3. The minimum atomic E-state index is -0.110. The van der Waals surface area contributed by atoms with E-state index in [1.54, 1.807) is 0 Å². The van der Waals surface area contributed by atoms with E-state index >= 15 is 0 Å². The fraction of sp³-hybridized carbons (Fsp3) is 0.750. The van der Waals surface area contributed by atoms with E-state index < -0.39 is 0 Å². The van der Waals surface area contributed by atoms with Crippen molar-refractivity contribution in [1.82, 2.24) is 10.6 Å². The van der Waals surface area contributed by atoms with Gasteiger partial charge in [-0.3, -0.25) is 4.79 Å². The number of rotatable bonds is 3. The van der Waals surface area contributed by atoms with Gasteiger partial charge in [-0.1, -0.05) is 0 Å². The standard InChI is InChI=1S/C8H14N4O/c9-2-1-8(13)12-7-5-11-4-6(7)3-10/h6-7,11H,1-2,4-5,9H2,(H,12,13). The highest BCUT2D eigenvalue weighted by atomic mass is 16.1. The van der Waals surface area contributed by atoms with Crippen molar-refractivity contribution in [3.63, 3.8) is 0 Å². The van der Waals surface area contributed by atoms with Crippen LogP contribution in [-0.2, 0) is 4.79 Å². The van der Waals surface area contributed by atoms with Gasteiger partial charge in [-0.15, -0.1) is 0 Å². The quantitative estimate of drug-likeness (QED) is 0.498. The maximum Gasteiger partial charge on any atom is 0.221 e. The van der Waals surface area contributed by atoms with Gasteiger partial charge in [-0.25, -0.2) is 0 Å². The Hall–Kier alpha value is -1.12. The molecule has 5 heteroatoms. The average molecular weight is 182 g/mol. The molecule has 1 aliphatic heterocycles. The summed E-state index contributed by atoms with van der Waals surface area (Å²) in [5.41, 5.74) is 5.23. The normalized spacial score (nSPS) is 26.8. The highest BCUT2D eigenvalue weighted by Crippen LogP contribution is 2.07. The molecule has 0 radical (unpaired) electrons. The van der Waals surface area contributed by atoms with Crippen molar-refractivity contribution in [2.45, 2.75) is 12.5 Å². The van der Waals surface area contributed by atoms with Gasteiger partial charge in [0.25, 0.3) is 0 Å². The van der Waals surface area contributed by atoms with Gasteiger partial charge in [0.2, 0.25) is 5.91 Å². The number of hydrogen-bond acceptors (Lipinski definition) is 4. The van der Waals surface area contributed by atoms with Crippen LogP contribution in [0.15, 0.2) is 0 Å². The van der Waals surface area contributed by atoms with E-state index in [2.05, 4.69) is 16.7 Å². The zero-order chi connectivity index (χ0) is 9.68. The van der Waals surface area contributed by atoms with Crippen molar-refractivity contribution in [1.29, 1.82) is 5.26 Å². The Balaban J connectivity index is 2.36. The largest absolute Gasteiger partial charge is 0.351 e. The first-order chi connectivity index (χ1) is 6.27. The van der Waals surface area contributed by atoms with Crippen LogP contribution < -0.4 is 16.4 Å². The van der Waals surface area contributed by atoms with Crippen molar-refractivity contribution < 1.29 is 4.79 Å². The third-order valence-electron chi connectivity index (χ3n) is 2.10. The Kier molecular flexibility index (Phi) is 3.68.